The molecule has 8 heteroatoms. The highest BCUT2D eigenvalue weighted by atomic mass is 32.1. The molecule has 4 rings (SSSR count). The van der Waals surface area contributed by atoms with Crippen molar-refractivity contribution < 1.29 is 9.84 Å². The van der Waals surface area contributed by atoms with Gasteiger partial charge in [-0.05, 0) is 49.3 Å². The number of aromatic nitrogens is 2. The second kappa shape index (κ2) is 10.2. The van der Waals surface area contributed by atoms with E-state index in [0.717, 1.165) is 44.0 Å². The lowest BCUT2D eigenvalue weighted by molar-refractivity contribution is 0.0395. The van der Waals surface area contributed by atoms with Crippen LogP contribution in [0.3, 0.4) is 0 Å². The molecule has 0 bridgehead atoms. The highest BCUT2D eigenvalue weighted by Gasteiger charge is 2.19. The first kappa shape index (κ1) is 23.1. The lowest BCUT2D eigenvalue weighted by Crippen LogP contribution is -2.37. The maximum atomic E-state index is 13.5. The normalized spacial score (nSPS) is 14.7. The van der Waals surface area contributed by atoms with Crippen LogP contribution in [0.25, 0.3) is 11.4 Å². The summed E-state index contributed by atoms with van der Waals surface area (Å²) in [4.78, 5) is 20.3. The van der Waals surface area contributed by atoms with Gasteiger partial charge in [-0.15, -0.1) is 0 Å². The number of aryl methyl sites for hydroxylation is 2. The minimum Gasteiger partial charge on any atom is -0.494 e. The number of aliphatic imine (C=N–C) groups is 1. The molecule has 0 spiro atoms. The summed E-state index contributed by atoms with van der Waals surface area (Å²) in [5.74, 6) is -0.209. The number of ether oxygens (including phenoxy) is 1. The van der Waals surface area contributed by atoms with Crippen LogP contribution in [0.5, 0.6) is 5.88 Å². The van der Waals surface area contributed by atoms with Gasteiger partial charge in [-0.25, -0.2) is 0 Å². The van der Waals surface area contributed by atoms with E-state index in [2.05, 4.69) is 9.89 Å². The molecule has 0 aliphatic carbocycles. The molecule has 0 amide bonds. The van der Waals surface area contributed by atoms with E-state index in [-0.39, 0.29) is 16.2 Å². The Balaban J connectivity index is 1.83. The Kier molecular flexibility index (Phi) is 7.17. The Morgan fingerprint density at radius 2 is 1.58 bits per heavy atom. The monoisotopic (exact) mass is 464 g/mol. The molecule has 0 saturated carbocycles. The molecule has 1 N–H and O–H groups in total. The first-order chi connectivity index (χ1) is 16.0. The summed E-state index contributed by atoms with van der Waals surface area (Å²) in [6.45, 7) is 8.35. The SMILES string of the molecule is Cc1ccccc1-n1c(O)c(C=NCCN2CCOCC2)c(=O)n(-c2ccccc2C)c1=S. The number of nitrogens with zero attached hydrogens (tertiary/aromatic N) is 4. The number of benzene rings is 2. The van der Waals surface area contributed by atoms with E-state index in [1.165, 1.54) is 10.8 Å². The van der Waals surface area contributed by atoms with Crippen molar-refractivity contribution in [3.63, 3.8) is 0 Å². The molecule has 33 heavy (non-hydrogen) atoms. The van der Waals surface area contributed by atoms with Crippen LogP contribution in [0.15, 0.2) is 58.3 Å². The van der Waals surface area contributed by atoms with Crippen LogP contribution in [0, 0.1) is 18.6 Å². The zero-order valence-corrected chi connectivity index (χ0v) is 19.7. The molecule has 172 valence electrons. The topological polar surface area (TPSA) is 72.0 Å². The summed E-state index contributed by atoms with van der Waals surface area (Å²) >= 11 is 5.73. The van der Waals surface area contributed by atoms with E-state index in [1.54, 1.807) is 4.57 Å². The van der Waals surface area contributed by atoms with Gasteiger partial charge >= 0.3 is 0 Å². The van der Waals surface area contributed by atoms with E-state index in [0.29, 0.717) is 17.9 Å². The molecule has 7 nitrogen and oxygen atoms in total. The molecule has 1 aliphatic heterocycles. The third-order valence-corrected chi connectivity index (χ3v) is 6.22. The van der Waals surface area contributed by atoms with Crippen molar-refractivity contribution in [3.05, 3.63) is 80.3 Å². The average molecular weight is 465 g/mol. The quantitative estimate of drug-likeness (QED) is 0.447. The Morgan fingerprint density at radius 1 is 1.00 bits per heavy atom. The van der Waals surface area contributed by atoms with Gasteiger partial charge in [0.1, 0.15) is 5.56 Å². The minimum atomic E-state index is -0.397. The van der Waals surface area contributed by atoms with E-state index < -0.39 is 5.56 Å². The van der Waals surface area contributed by atoms with Crippen LogP contribution in [0.4, 0.5) is 0 Å². The van der Waals surface area contributed by atoms with Crippen molar-refractivity contribution in [3.8, 4) is 17.3 Å². The number of morpholine rings is 1. The minimum absolute atomic E-state index is 0.108. The van der Waals surface area contributed by atoms with Crippen LogP contribution in [0.1, 0.15) is 16.7 Å². The fraction of sp³-hybridized carbons (Fsp3) is 0.320. The van der Waals surface area contributed by atoms with Gasteiger partial charge in [0.25, 0.3) is 5.56 Å². The summed E-state index contributed by atoms with van der Waals surface area (Å²) < 4.78 is 8.59. The standard InChI is InChI=1S/C25H28N4O3S/c1-18-7-3-5-9-21(18)28-23(30)20(17-26-11-12-27-13-15-32-16-14-27)24(31)29(25(28)33)22-10-6-4-8-19(22)2/h3-10,17,30H,11-16H2,1-2H3. The van der Waals surface area contributed by atoms with E-state index >= 15 is 0 Å². The highest BCUT2D eigenvalue weighted by Crippen LogP contribution is 2.24. The van der Waals surface area contributed by atoms with Crippen LogP contribution < -0.4 is 5.56 Å². The van der Waals surface area contributed by atoms with Gasteiger partial charge in [-0.1, -0.05) is 36.4 Å². The van der Waals surface area contributed by atoms with E-state index in [4.69, 9.17) is 17.0 Å². The smallest absolute Gasteiger partial charge is 0.271 e. The third kappa shape index (κ3) is 4.83. The summed E-state index contributed by atoms with van der Waals surface area (Å²) in [6.07, 6.45) is 1.47. The molecule has 0 unspecified atom stereocenters. The number of aromatic hydroxyl groups is 1. The van der Waals surface area contributed by atoms with Crippen molar-refractivity contribution in [1.29, 1.82) is 0 Å². The van der Waals surface area contributed by atoms with Crippen molar-refractivity contribution in [2.24, 2.45) is 4.99 Å². The lowest BCUT2D eigenvalue weighted by atomic mass is 10.2. The molecule has 0 radical (unpaired) electrons. The molecule has 3 aromatic rings. The van der Waals surface area contributed by atoms with Gasteiger partial charge < -0.3 is 9.84 Å². The van der Waals surface area contributed by atoms with Gasteiger partial charge in [0.05, 0.1) is 31.1 Å². The Labute approximate surface area is 198 Å². The molecule has 1 saturated heterocycles. The number of hydrogen-bond donors (Lipinski definition) is 1. The van der Waals surface area contributed by atoms with E-state index in [1.807, 2.05) is 62.4 Å². The Bertz CT molecular complexity index is 1290. The molecular weight excluding hydrogens is 436 g/mol. The molecule has 1 aromatic heterocycles. The zero-order chi connectivity index (χ0) is 23.4. The summed E-state index contributed by atoms with van der Waals surface area (Å²) in [6, 6.07) is 15.2. The summed E-state index contributed by atoms with van der Waals surface area (Å²) in [5, 5.41) is 11.2. The second-order valence-corrected chi connectivity index (χ2v) is 8.42. The molecule has 1 aliphatic rings. The van der Waals surface area contributed by atoms with Crippen LogP contribution >= 0.6 is 12.2 Å². The Morgan fingerprint density at radius 3 is 2.18 bits per heavy atom. The van der Waals surface area contributed by atoms with Crippen molar-refractivity contribution in [1.82, 2.24) is 14.0 Å². The third-order valence-electron chi connectivity index (χ3n) is 5.85. The molecular formula is C25H28N4O3S. The largest absolute Gasteiger partial charge is 0.494 e. The number of hydrogen-bond acceptors (Lipinski definition) is 6. The van der Waals surface area contributed by atoms with Gasteiger partial charge in [0.15, 0.2) is 4.77 Å². The summed E-state index contributed by atoms with van der Waals surface area (Å²) in [5.41, 5.74) is 2.93. The lowest BCUT2D eigenvalue weighted by Gasteiger charge is -2.25. The fourth-order valence-electron chi connectivity index (χ4n) is 3.96. The molecule has 2 heterocycles. The molecule has 0 atom stereocenters. The first-order valence-corrected chi connectivity index (χ1v) is 11.4. The second-order valence-electron chi connectivity index (χ2n) is 8.06. The van der Waals surface area contributed by atoms with Crippen molar-refractivity contribution in [2.45, 2.75) is 13.8 Å². The zero-order valence-electron chi connectivity index (χ0n) is 18.9. The number of para-hydroxylation sites is 2. The van der Waals surface area contributed by atoms with Crippen molar-refractivity contribution >= 4 is 18.4 Å². The number of rotatable bonds is 6. The van der Waals surface area contributed by atoms with Gasteiger partial charge in [-0.2, -0.15) is 0 Å². The highest BCUT2D eigenvalue weighted by molar-refractivity contribution is 7.71. The summed E-state index contributed by atoms with van der Waals surface area (Å²) in [7, 11) is 0. The van der Waals surface area contributed by atoms with Crippen LogP contribution in [-0.4, -0.2) is 64.7 Å². The average Bonchev–Trinajstić information content (AvgIpc) is 2.81. The van der Waals surface area contributed by atoms with Crippen LogP contribution in [0.2, 0.25) is 0 Å². The maximum Gasteiger partial charge on any atom is 0.271 e. The first-order valence-electron chi connectivity index (χ1n) is 11.0. The van der Waals surface area contributed by atoms with Gasteiger partial charge in [0, 0.05) is 25.8 Å². The maximum absolute atomic E-state index is 13.5. The molecule has 2 aromatic carbocycles. The van der Waals surface area contributed by atoms with E-state index in [9.17, 15) is 9.90 Å². The van der Waals surface area contributed by atoms with Crippen LogP contribution in [-0.2, 0) is 4.74 Å². The van der Waals surface area contributed by atoms with Gasteiger partial charge in [0.2, 0.25) is 5.88 Å². The fourth-order valence-corrected chi connectivity index (χ4v) is 4.33. The predicted molar refractivity (Wildman–Crippen MR) is 133 cm³/mol. The Hall–Kier alpha value is -3.07. The van der Waals surface area contributed by atoms with Crippen molar-refractivity contribution in [2.75, 3.05) is 39.4 Å². The predicted octanol–water partition coefficient (Wildman–Crippen LogP) is 3.43. The van der Waals surface area contributed by atoms with Gasteiger partial charge in [-0.3, -0.25) is 23.8 Å². The molecule has 1 fully saturated rings.